The second kappa shape index (κ2) is 5.42. The molecule has 1 aromatic rings. The van der Waals surface area contributed by atoms with Crippen molar-refractivity contribution < 1.29 is 9.63 Å². The highest BCUT2D eigenvalue weighted by molar-refractivity contribution is 5.94. The zero-order valence-electron chi connectivity index (χ0n) is 11.7. The van der Waals surface area contributed by atoms with E-state index in [0.717, 1.165) is 5.71 Å². The Morgan fingerprint density at radius 3 is 2.95 bits per heavy atom. The summed E-state index contributed by atoms with van der Waals surface area (Å²) in [5.74, 6) is -0.0113. The molecular weight excluding hydrogens is 244 g/mol. The van der Waals surface area contributed by atoms with Crippen LogP contribution in [0.1, 0.15) is 27.2 Å². The van der Waals surface area contributed by atoms with Crippen molar-refractivity contribution >= 4 is 11.6 Å². The Hall–Kier alpha value is -1.85. The number of aromatic nitrogens is 2. The van der Waals surface area contributed by atoms with Gasteiger partial charge in [0.25, 0.3) is 5.91 Å². The van der Waals surface area contributed by atoms with E-state index in [1.54, 1.807) is 18.0 Å². The molecule has 0 bridgehead atoms. The Balaban J connectivity index is 1.95. The SMILES string of the molecule is CCN(CCn1cccn1)C(=O)C1(C)CC(C)=NO1. The van der Waals surface area contributed by atoms with Gasteiger partial charge in [0.1, 0.15) is 0 Å². The maximum atomic E-state index is 12.5. The van der Waals surface area contributed by atoms with E-state index < -0.39 is 5.60 Å². The molecule has 1 aliphatic rings. The van der Waals surface area contributed by atoms with Gasteiger partial charge < -0.3 is 9.74 Å². The number of carbonyl (C=O) groups excluding carboxylic acids is 1. The van der Waals surface area contributed by atoms with Crippen molar-refractivity contribution in [2.75, 3.05) is 13.1 Å². The van der Waals surface area contributed by atoms with Gasteiger partial charge in [0.05, 0.1) is 12.3 Å². The molecule has 0 saturated carbocycles. The lowest BCUT2D eigenvalue weighted by Gasteiger charge is -2.29. The van der Waals surface area contributed by atoms with Crippen molar-refractivity contribution in [3.63, 3.8) is 0 Å². The van der Waals surface area contributed by atoms with Crippen LogP contribution in [-0.2, 0) is 16.2 Å². The van der Waals surface area contributed by atoms with Gasteiger partial charge in [-0.25, -0.2) is 0 Å². The summed E-state index contributed by atoms with van der Waals surface area (Å²) in [6.45, 7) is 7.59. The van der Waals surface area contributed by atoms with Crippen molar-refractivity contribution in [3.8, 4) is 0 Å². The fourth-order valence-electron chi connectivity index (χ4n) is 2.24. The minimum atomic E-state index is -0.843. The van der Waals surface area contributed by atoms with Crippen molar-refractivity contribution in [2.45, 2.75) is 39.3 Å². The third kappa shape index (κ3) is 2.94. The molecule has 0 N–H and O–H groups in total. The fraction of sp³-hybridized carbons (Fsp3) is 0.615. The molecule has 0 spiro atoms. The molecule has 6 nitrogen and oxygen atoms in total. The van der Waals surface area contributed by atoms with Gasteiger partial charge in [-0.15, -0.1) is 0 Å². The minimum absolute atomic E-state index is 0.0113. The van der Waals surface area contributed by atoms with Crippen LogP contribution in [0.25, 0.3) is 0 Å². The molecule has 1 amide bonds. The Morgan fingerprint density at radius 1 is 1.63 bits per heavy atom. The van der Waals surface area contributed by atoms with Gasteiger partial charge in [0.15, 0.2) is 0 Å². The van der Waals surface area contributed by atoms with Crippen molar-refractivity contribution in [2.24, 2.45) is 5.16 Å². The molecule has 0 radical (unpaired) electrons. The lowest BCUT2D eigenvalue weighted by atomic mass is 9.98. The topological polar surface area (TPSA) is 59.7 Å². The van der Waals surface area contributed by atoms with Crippen LogP contribution in [0.3, 0.4) is 0 Å². The Bertz CT molecular complexity index is 469. The van der Waals surface area contributed by atoms with E-state index in [1.807, 2.05) is 30.8 Å². The van der Waals surface area contributed by atoms with Crippen molar-refractivity contribution in [1.82, 2.24) is 14.7 Å². The molecule has 0 aliphatic carbocycles. The first kappa shape index (κ1) is 13.6. The van der Waals surface area contributed by atoms with Gasteiger partial charge in [-0.3, -0.25) is 9.48 Å². The summed E-state index contributed by atoms with van der Waals surface area (Å²) in [6.07, 6.45) is 4.18. The molecule has 0 aromatic carbocycles. The molecule has 2 heterocycles. The first-order valence-electron chi connectivity index (χ1n) is 6.53. The number of hydrogen-bond donors (Lipinski definition) is 0. The molecule has 0 fully saturated rings. The van der Waals surface area contributed by atoms with Gasteiger partial charge in [0.2, 0.25) is 5.60 Å². The summed E-state index contributed by atoms with van der Waals surface area (Å²) in [4.78, 5) is 19.6. The fourth-order valence-corrected chi connectivity index (χ4v) is 2.24. The zero-order valence-corrected chi connectivity index (χ0v) is 11.7. The van der Waals surface area contributed by atoms with Crippen LogP contribution in [0, 0.1) is 0 Å². The first-order valence-corrected chi connectivity index (χ1v) is 6.53. The highest BCUT2D eigenvalue weighted by atomic mass is 16.7. The third-order valence-electron chi connectivity index (χ3n) is 3.28. The van der Waals surface area contributed by atoms with Gasteiger partial charge in [0, 0.05) is 31.9 Å². The number of oxime groups is 1. The van der Waals surface area contributed by atoms with Gasteiger partial charge in [-0.05, 0) is 26.8 Å². The quantitative estimate of drug-likeness (QED) is 0.805. The lowest BCUT2D eigenvalue weighted by Crippen LogP contribution is -2.48. The van der Waals surface area contributed by atoms with Crippen LogP contribution in [0.2, 0.25) is 0 Å². The maximum Gasteiger partial charge on any atom is 0.269 e. The van der Waals surface area contributed by atoms with Gasteiger partial charge in [-0.2, -0.15) is 5.10 Å². The van der Waals surface area contributed by atoms with E-state index >= 15 is 0 Å². The van der Waals surface area contributed by atoms with Crippen molar-refractivity contribution in [1.29, 1.82) is 0 Å². The average molecular weight is 264 g/mol. The Kier molecular flexibility index (Phi) is 3.87. The summed E-state index contributed by atoms with van der Waals surface area (Å²) >= 11 is 0. The van der Waals surface area contributed by atoms with Crippen LogP contribution in [0.5, 0.6) is 0 Å². The molecule has 6 heteroatoms. The molecule has 1 unspecified atom stereocenters. The predicted octanol–water partition coefficient (Wildman–Crippen LogP) is 1.29. The second-order valence-corrected chi connectivity index (χ2v) is 4.98. The van der Waals surface area contributed by atoms with Crippen LogP contribution < -0.4 is 0 Å². The number of hydrogen-bond acceptors (Lipinski definition) is 4. The summed E-state index contributed by atoms with van der Waals surface area (Å²) in [5.41, 5.74) is 0.0171. The number of amides is 1. The smallest absolute Gasteiger partial charge is 0.269 e. The first-order chi connectivity index (χ1) is 9.05. The Morgan fingerprint density at radius 2 is 2.42 bits per heavy atom. The molecule has 1 aromatic heterocycles. The largest absolute Gasteiger partial charge is 0.379 e. The molecule has 0 saturated heterocycles. The minimum Gasteiger partial charge on any atom is -0.379 e. The normalized spacial score (nSPS) is 21.9. The molecule has 19 heavy (non-hydrogen) atoms. The van der Waals surface area contributed by atoms with E-state index in [4.69, 9.17) is 4.84 Å². The van der Waals surface area contributed by atoms with E-state index in [0.29, 0.717) is 26.1 Å². The van der Waals surface area contributed by atoms with Gasteiger partial charge in [-0.1, -0.05) is 5.16 Å². The average Bonchev–Trinajstić information content (AvgIpc) is 3.01. The van der Waals surface area contributed by atoms with E-state index in [9.17, 15) is 4.79 Å². The third-order valence-corrected chi connectivity index (χ3v) is 3.28. The highest BCUT2D eigenvalue weighted by Crippen LogP contribution is 2.25. The van der Waals surface area contributed by atoms with E-state index in [-0.39, 0.29) is 5.91 Å². The predicted molar refractivity (Wildman–Crippen MR) is 71.7 cm³/mol. The van der Waals surface area contributed by atoms with Gasteiger partial charge >= 0.3 is 0 Å². The number of carbonyl (C=O) groups is 1. The summed E-state index contributed by atoms with van der Waals surface area (Å²) < 4.78 is 1.82. The molecule has 2 rings (SSSR count). The van der Waals surface area contributed by atoms with Crippen LogP contribution in [-0.4, -0.2) is 45.0 Å². The molecule has 1 aliphatic heterocycles. The second-order valence-electron chi connectivity index (χ2n) is 4.98. The summed E-state index contributed by atoms with van der Waals surface area (Å²) in [5, 5.41) is 8.02. The van der Waals surface area contributed by atoms with Crippen LogP contribution >= 0.6 is 0 Å². The number of likely N-dealkylation sites (N-methyl/N-ethyl adjacent to an activating group) is 1. The lowest BCUT2D eigenvalue weighted by molar-refractivity contribution is -0.153. The van der Waals surface area contributed by atoms with Crippen LogP contribution in [0.15, 0.2) is 23.6 Å². The van der Waals surface area contributed by atoms with Crippen LogP contribution in [0.4, 0.5) is 0 Å². The zero-order chi connectivity index (χ0) is 13.9. The monoisotopic (exact) mass is 264 g/mol. The highest BCUT2D eigenvalue weighted by Gasteiger charge is 2.42. The molecular formula is C13H20N4O2. The maximum absolute atomic E-state index is 12.5. The molecule has 104 valence electrons. The molecule has 1 atom stereocenters. The van der Waals surface area contributed by atoms with E-state index in [1.165, 1.54) is 0 Å². The Labute approximate surface area is 113 Å². The number of rotatable bonds is 5. The summed E-state index contributed by atoms with van der Waals surface area (Å²) in [6, 6.07) is 1.87. The summed E-state index contributed by atoms with van der Waals surface area (Å²) in [7, 11) is 0. The number of nitrogens with zero attached hydrogens (tertiary/aromatic N) is 4. The standard InChI is InChI=1S/C13H20N4O2/c1-4-16(8-9-17-7-5-6-14-17)12(18)13(3)10-11(2)15-19-13/h5-7H,4,8-10H2,1-3H3. The van der Waals surface area contributed by atoms with E-state index in [2.05, 4.69) is 10.3 Å². The van der Waals surface area contributed by atoms with Crippen molar-refractivity contribution in [3.05, 3.63) is 18.5 Å².